The summed E-state index contributed by atoms with van der Waals surface area (Å²) in [7, 11) is 0. The van der Waals surface area contributed by atoms with Crippen molar-refractivity contribution in [2.24, 2.45) is 5.92 Å². The summed E-state index contributed by atoms with van der Waals surface area (Å²) in [6.07, 6.45) is 4.14. The minimum absolute atomic E-state index is 0.0519. The third-order valence-electron chi connectivity index (χ3n) is 3.21. The third kappa shape index (κ3) is 3.97. The third-order valence-corrected chi connectivity index (χ3v) is 3.21. The topological polar surface area (TPSA) is 55.1 Å². The lowest BCUT2D eigenvalue weighted by atomic mass is 9.96. The normalized spacial score (nSPS) is 14.6. The second kappa shape index (κ2) is 6.55. The monoisotopic (exact) mass is 238 g/mol. The van der Waals surface area contributed by atoms with Crippen molar-refractivity contribution in [1.82, 2.24) is 9.78 Å². The van der Waals surface area contributed by atoms with Gasteiger partial charge in [-0.3, -0.25) is 9.48 Å². The second-order valence-electron chi connectivity index (χ2n) is 4.57. The Morgan fingerprint density at radius 1 is 1.59 bits per heavy atom. The standard InChI is InChI=1S/C13H22N2O2/c1-4-10(2)15-7-5-13(14-15)9-12(6-8-16)11(3)17/h5,7,10,12,16H,4,6,8-9H2,1-3H3. The number of carbonyl (C=O) groups is 1. The molecule has 0 aliphatic heterocycles. The molecule has 0 aliphatic carbocycles. The first-order valence-corrected chi connectivity index (χ1v) is 6.23. The van der Waals surface area contributed by atoms with Gasteiger partial charge in [0.15, 0.2) is 0 Å². The van der Waals surface area contributed by atoms with Gasteiger partial charge in [0.05, 0.1) is 5.69 Å². The molecule has 4 heteroatoms. The van der Waals surface area contributed by atoms with E-state index in [9.17, 15) is 4.79 Å². The fraction of sp³-hybridized carbons (Fsp3) is 0.692. The van der Waals surface area contributed by atoms with Crippen LogP contribution < -0.4 is 0 Å². The minimum atomic E-state index is -0.111. The minimum Gasteiger partial charge on any atom is -0.396 e. The molecule has 96 valence electrons. The van der Waals surface area contributed by atoms with Gasteiger partial charge in [-0.05, 0) is 32.8 Å². The van der Waals surface area contributed by atoms with Crippen LogP contribution in [0.5, 0.6) is 0 Å². The summed E-state index contributed by atoms with van der Waals surface area (Å²) in [5.41, 5.74) is 0.930. The summed E-state index contributed by atoms with van der Waals surface area (Å²) >= 11 is 0. The predicted molar refractivity (Wildman–Crippen MR) is 66.8 cm³/mol. The molecule has 0 saturated heterocycles. The maximum atomic E-state index is 11.4. The molecule has 17 heavy (non-hydrogen) atoms. The Morgan fingerprint density at radius 2 is 2.29 bits per heavy atom. The molecular weight excluding hydrogens is 216 g/mol. The first-order chi connectivity index (χ1) is 8.08. The van der Waals surface area contributed by atoms with E-state index >= 15 is 0 Å². The van der Waals surface area contributed by atoms with Crippen molar-refractivity contribution < 1.29 is 9.90 Å². The molecule has 0 fully saturated rings. The van der Waals surface area contributed by atoms with E-state index in [-0.39, 0.29) is 18.3 Å². The molecule has 1 N–H and O–H groups in total. The van der Waals surface area contributed by atoms with Crippen molar-refractivity contribution in [2.45, 2.75) is 46.1 Å². The van der Waals surface area contributed by atoms with Crippen LogP contribution in [-0.2, 0) is 11.2 Å². The van der Waals surface area contributed by atoms with Gasteiger partial charge in [-0.15, -0.1) is 0 Å². The summed E-state index contributed by atoms with van der Waals surface area (Å²) in [6, 6.07) is 2.34. The van der Waals surface area contributed by atoms with Crippen molar-refractivity contribution in [3.8, 4) is 0 Å². The van der Waals surface area contributed by atoms with Crippen molar-refractivity contribution in [1.29, 1.82) is 0 Å². The molecule has 1 rings (SSSR count). The average molecular weight is 238 g/mol. The molecular formula is C13H22N2O2. The van der Waals surface area contributed by atoms with E-state index in [0.717, 1.165) is 12.1 Å². The summed E-state index contributed by atoms with van der Waals surface area (Å²) in [5, 5.41) is 13.4. The Morgan fingerprint density at radius 3 is 2.82 bits per heavy atom. The Bertz CT molecular complexity index is 360. The Balaban J connectivity index is 2.66. The highest BCUT2D eigenvalue weighted by molar-refractivity contribution is 5.78. The van der Waals surface area contributed by atoms with Gasteiger partial charge in [-0.25, -0.2) is 0 Å². The molecule has 0 spiro atoms. The van der Waals surface area contributed by atoms with Crippen LogP contribution in [0.15, 0.2) is 12.3 Å². The molecule has 2 unspecified atom stereocenters. The fourth-order valence-electron chi connectivity index (χ4n) is 1.78. The number of carbonyl (C=O) groups excluding carboxylic acids is 1. The van der Waals surface area contributed by atoms with Crippen molar-refractivity contribution in [3.05, 3.63) is 18.0 Å². The van der Waals surface area contributed by atoms with Crippen LogP contribution in [0.1, 0.15) is 45.3 Å². The number of aromatic nitrogens is 2. The van der Waals surface area contributed by atoms with Crippen molar-refractivity contribution >= 4 is 5.78 Å². The molecule has 0 aromatic carbocycles. The fourth-order valence-corrected chi connectivity index (χ4v) is 1.78. The van der Waals surface area contributed by atoms with E-state index in [0.29, 0.717) is 18.9 Å². The number of rotatable bonds is 7. The van der Waals surface area contributed by atoms with E-state index < -0.39 is 0 Å². The van der Waals surface area contributed by atoms with E-state index in [1.54, 1.807) is 6.92 Å². The van der Waals surface area contributed by atoms with Crippen molar-refractivity contribution in [2.75, 3.05) is 6.61 Å². The molecule has 1 aromatic heterocycles. The maximum absolute atomic E-state index is 11.4. The van der Waals surface area contributed by atoms with Crippen LogP contribution in [0.3, 0.4) is 0 Å². The van der Waals surface area contributed by atoms with E-state index in [4.69, 9.17) is 5.11 Å². The largest absolute Gasteiger partial charge is 0.396 e. The summed E-state index contributed by atoms with van der Waals surface area (Å²) in [4.78, 5) is 11.4. The SMILES string of the molecule is CCC(C)n1ccc(CC(CCO)C(C)=O)n1. The average Bonchev–Trinajstić information content (AvgIpc) is 2.76. The summed E-state index contributed by atoms with van der Waals surface area (Å²) in [5.74, 6) is 0.0115. The van der Waals surface area contributed by atoms with Crippen LogP contribution in [0.25, 0.3) is 0 Å². The quantitative estimate of drug-likeness (QED) is 0.790. The molecule has 1 aromatic rings. The van der Waals surface area contributed by atoms with E-state index in [2.05, 4.69) is 18.9 Å². The van der Waals surface area contributed by atoms with Crippen LogP contribution >= 0.6 is 0 Å². The highest BCUT2D eigenvalue weighted by Gasteiger charge is 2.16. The van der Waals surface area contributed by atoms with Gasteiger partial charge in [0, 0.05) is 31.2 Å². The number of aliphatic hydroxyl groups excluding tert-OH is 1. The molecule has 0 aliphatic rings. The smallest absolute Gasteiger partial charge is 0.133 e. The van der Waals surface area contributed by atoms with Gasteiger partial charge < -0.3 is 5.11 Å². The van der Waals surface area contributed by atoms with Gasteiger partial charge in [0.2, 0.25) is 0 Å². The van der Waals surface area contributed by atoms with Crippen LogP contribution in [-0.4, -0.2) is 27.3 Å². The highest BCUT2D eigenvalue weighted by Crippen LogP contribution is 2.14. The summed E-state index contributed by atoms with van der Waals surface area (Å²) < 4.78 is 1.94. The van der Waals surface area contributed by atoms with Gasteiger partial charge in [0.25, 0.3) is 0 Å². The van der Waals surface area contributed by atoms with Gasteiger partial charge in [0.1, 0.15) is 5.78 Å². The Kier molecular flexibility index (Phi) is 5.35. The number of aliphatic hydroxyl groups is 1. The number of hydrogen-bond acceptors (Lipinski definition) is 3. The van der Waals surface area contributed by atoms with Crippen LogP contribution in [0.2, 0.25) is 0 Å². The lowest BCUT2D eigenvalue weighted by molar-refractivity contribution is -0.121. The Hall–Kier alpha value is -1.16. The molecule has 1 heterocycles. The zero-order chi connectivity index (χ0) is 12.8. The first-order valence-electron chi connectivity index (χ1n) is 6.23. The number of Topliss-reactive ketones (excluding diaryl/α,β-unsaturated/α-hetero) is 1. The van der Waals surface area contributed by atoms with Gasteiger partial charge in [-0.1, -0.05) is 6.92 Å². The molecule has 0 bridgehead atoms. The van der Waals surface area contributed by atoms with Crippen LogP contribution in [0, 0.1) is 5.92 Å². The van der Waals surface area contributed by atoms with Crippen LogP contribution in [0.4, 0.5) is 0 Å². The molecule has 0 amide bonds. The molecule has 2 atom stereocenters. The van der Waals surface area contributed by atoms with E-state index in [1.165, 1.54) is 0 Å². The molecule has 4 nitrogen and oxygen atoms in total. The lowest BCUT2D eigenvalue weighted by Gasteiger charge is -2.11. The number of ketones is 1. The van der Waals surface area contributed by atoms with Gasteiger partial charge in [-0.2, -0.15) is 5.10 Å². The van der Waals surface area contributed by atoms with Gasteiger partial charge >= 0.3 is 0 Å². The Labute approximate surface area is 103 Å². The number of nitrogens with zero attached hydrogens (tertiary/aromatic N) is 2. The lowest BCUT2D eigenvalue weighted by Crippen LogP contribution is -2.16. The first kappa shape index (κ1) is 13.9. The molecule has 0 radical (unpaired) electrons. The zero-order valence-electron chi connectivity index (χ0n) is 10.9. The predicted octanol–water partition coefficient (Wildman–Crippen LogP) is 1.98. The molecule has 0 saturated carbocycles. The number of hydrogen-bond donors (Lipinski definition) is 1. The highest BCUT2D eigenvalue weighted by atomic mass is 16.3. The zero-order valence-corrected chi connectivity index (χ0v) is 10.9. The van der Waals surface area contributed by atoms with Crippen molar-refractivity contribution in [3.63, 3.8) is 0 Å². The summed E-state index contributed by atoms with van der Waals surface area (Å²) in [6.45, 7) is 5.87. The van der Waals surface area contributed by atoms with E-state index in [1.807, 2.05) is 16.9 Å². The second-order valence-corrected chi connectivity index (χ2v) is 4.57. The maximum Gasteiger partial charge on any atom is 0.133 e.